The molecule has 0 aliphatic heterocycles. The average Bonchev–Trinajstić information content (AvgIpc) is 2.99. The fraction of sp³-hybridized carbons (Fsp3) is 0.212. The van der Waals surface area contributed by atoms with E-state index in [1.54, 1.807) is 66.7 Å². The smallest absolute Gasteiger partial charge is 0.243 e. The van der Waals surface area contributed by atoms with Crippen LogP contribution < -0.4 is 5.32 Å². The van der Waals surface area contributed by atoms with Crippen molar-refractivity contribution in [1.29, 1.82) is 0 Å². The second kappa shape index (κ2) is 15.5. The molecule has 230 valence electrons. The summed E-state index contributed by atoms with van der Waals surface area (Å²) in [4.78, 5) is 29.5. The van der Waals surface area contributed by atoms with Crippen molar-refractivity contribution in [2.45, 2.75) is 32.1 Å². The summed E-state index contributed by atoms with van der Waals surface area (Å²) in [6, 6.07) is 29.3. The highest BCUT2D eigenvalue weighted by Crippen LogP contribution is 2.22. The molecule has 2 amide bonds. The molecule has 0 aliphatic rings. The number of hydrogen-bond acceptors (Lipinski definition) is 4. The molecule has 4 aromatic rings. The second-order valence-electron chi connectivity index (χ2n) is 10.3. The van der Waals surface area contributed by atoms with Gasteiger partial charge in [0.15, 0.2) is 0 Å². The number of carbonyl (C=O) groups excluding carboxylic acids is 2. The van der Waals surface area contributed by atoms with Gasteiger partial charge in [0, 0.05) is 41.1 Å². The number of hydrogen-bond donors (Lipinski definition) is 1. The predicted molar refractivity (Wildman–Crippen MR) is 176 cm³/mol. The maximum absolute atomic E-state index is 14.1. The monoisotopic (exact) mass is 671 g/mol. The van der Waals surface area contributed by atoms with E-state index in [4.69, 9.17) is 34.8 Å². The van der Waals surface area contributed by atoms with Crippen molar-refractivity contribution in [3.8, 4) is 0 Å². The Morgan fingerprint density at radius 1 is 0.750 bits per heavy atom. The quantitative estimate of drug-likeness (QED) is 0.179. The van der Waals surface area contributed by atoms with Crippen LogP contribution in [0.25, 0.3) is 0 Å². The fourth-order valence-corrected chi connectivity index (χ4v) is 5.95. The van der Waals surface area contributed by atoms with Crippen LogP contribution in [0.4, 0.5) is 0 Å². The zero-order chi connectivity index (χ0) is 31.7. The van der Waals surface area contributed by atoms with Crippen molar-refractivity contribution >= 4 is 56.6 Å². The third-order valence-electron chi connectivity index (χ3n) is 6.99. The Bertz CT molecular complexity index is 1670. The van der Waals surface area contributed by atoms with Crippen LogP contribution in [0.5, 0.6) is 0 Å². The van der Waals surface area contributed by atoms with E-state index in [2.05, 4.69) is 5.32 Å². The summed E-state index contributed by atoms with van der Waals surface area (Å²) in [5, 5.41) is 4.31. The summed E-state index contributed by atoms with van der Waals surface area (Å²) in [7, 11) is -3.79. The number of nitrogens with one attached hydrogen (secondary N) is 1. The van der Waals surface area contributed by atoms with Crippen molar-refractivity contribution in [3.05, 3.63) is 140 Å². The molecular formula is C33H32Cl3N3O4S. The number of benzene rings is 4. The molecule has 0 heterocycles. The second-order valence-corrected chi connectivity index (χ2v) is 13.6. The number of carbonyl (C=O) groups is 2. The van der Waals surface area contributed by atoms with Crippen LogP contribution in [0, 0.1) is 0 Å². The minimum Gasteiger partial charge on any atom is -0.350 e. The standard InChI is InChI=1S/C33H32Cl3N3O4S/c1-44(42,43)38(21-25-10-6-3-7-11-25)23-32(40)39(22-26-12-15-28(34)16-13-26)31(18-24-8-4-2-5-9-24)33(41)37-20-27-14-17-29(35)19-30(27)36/h2-17,19,31H,18,20-23H2,1H3,(H,37,41)/t31-/m1/s1. The molecule has 0 aliphatic carbocycles. The SMILES string of the molecule is CS(=O)(=O)N(CC(=O)N(Cc1ccc(Cl)cc1)[C@H](Cc1ccccc1)C(=O)NCc1ccc(Cl)cc1Cl)Cc1ccccc1. The molecule has 0 bridgehead atoms. The largest absolute Gasteiger partial charge is 0.350 e. The van der Waals surface area contributed by atoms with Gasteiger partial charge in [-0.25, -0.2) is 8.42 Å². The number of sulfonamides is 1. The summed E-state index contributed by atoms with van der Waals surface area (Å²) in [5.74, 6) is -0.946. The molecule has 0 spiro atoms. The first kappa shape index (κ1) is 33.5. The maximum atomic E-state index is 14.1. The van der Waals surface area contributed by atoms with E-state index in [1.165, 1.54) is 4.90 Å². The molecule has 44 heavy (non-hydrogen) atoms. The Kier molecular flexibility index (Phi) is 11.8. The summed E-state index contributed by atoms with van der Waals surface area (Å²) < 4.78 is 26.8. The molecule has 11 heteroatoms. The Labute approximate surface area is 273 Å². The molecule has 0 saturated carbocycles. The van der Waals surface area contributed by atoms with Crippen molar-refractivity contribution in [2.75, 3.05) is 12.8 Å². The topological polar surface area (TPSA) is 86.8 Å². The number of halogens is 3. The van der Waals surface area contributed by atoms with Crippen LogP contribution in [0.15, 0.2) is 103 Å². The molecule has 1 N–H and O–H groups in total. The molecule has 0 aromatic heterocycles. The Balaban J connectivity index is 1.68. The molecule has 7 nitrogen and oxygen atoms in total. The van der Waals surface area contributed by atoms with Gasteiger partial charge in [0.1, 0.15) is 6.04 Å². The third-order valence-corrected chi connectivity index (χ3v) is 9.02. The normalized spacial score (nSPS) is 12.1. The first-order chi connectivity index (χ1) is 21.0. The molecule has 0 fully saturated rings. The predicted octanol–water partition coefficient (Wildman–Crippen LogP) is 6.36. The van der Waals surface area contributed by atoms with Gasteiger partial charge in [0.2, 0.25) is 21.8 Å². The van der Waals surface area contributed by atoms with E-state index < -0.39 is 34.4 Å². The minimum absolute atomic E-state index is 0.00477. The summed E-state index contributed by atoms with van der Waals surface area (Å²) in [6.45, 7) is -0.300. The van der Waals surface area contributed by atoms with Gasteiger partial charge in [-0.1, -0.05) is 114 Å². The van der Waals surface area contributed by atoms with Gasteiger partial charge in [0.25, 0.3) is 0 Å². The maximum Gasteiger partial charge on any atom is 0.243 e. The number of rotatable bonds is 13. The van der Waals surface area contributed by atoms with Crippen LogP contribution in [-0.2, 0) is 45.7 Å². The highest BCUT2D eigenvalue weighted by Gasteiger charge is 2.33. The van der Waals surface area contributed by atoms with Gasteiger partial charge >= 0.3 is 0 Å². The summed E-state index contributed by atoms with van der Waals surface area (Å²) in [6.07, 6.45) is 1.26. The van der Waals surface area contributed by atoms with E-state index in [0.29, 0.717) is 20.6 Å². The number of nitrogens with zero attached hydrogens (tertiary/aromatic N) is 2. The summed E-state index contributed by atoms with van der Waals surface area (Å²) in [5.41, 5.74) is 2.94. The van der Waals surface area contributed by atoms with Crippen LogP contribution in [0.1, 0.15) is 22.3 Å². The highest BCUT2D eigenvalue weighted by molar-refractivity contribution is 7.88. The molecule has 1 atom stereocenters. The number of amides is 2. The van der Waals surface area contributed by atoms with Gasteiger partial charge in [-0.15, -0.1) is 0 Å². The van der Waals surface area contributed by atoms with Crippen molar-refractivity contribution in [2.24, 2.45) is 0 Å². The minimum atomic E-state index is -3.79. The lowest BCUT2D eigenvalue weighted by molar-refractivity contribution is -0.141. The van der Waals surface area contributed by atoms with E-state index in [-0.39, 0.29) is 26.1 Å². The van der Waals surface area contributed by atoms with Crippen LogP contribution in [0.3, 0.4) is 0 Å². The van der Waals surface area contributed by atoms with Gasteiger partial charge < -0.3 is 10.2 Å². The van der Waals surface area contributed by atoms with E-state index in [0.717, 1.165) is 27.3 Å². The lowest BCUT2D eigenvalue weighted by Crippen LogP contribution is -2.53. The lowest BCUT2D eigenvalue weighted by atomic mass is 10.0. The zero-order valence-corrected chi connectivity index (χ0v) is 27.1. The first-order valence-corrected chi connectivity index (χ1v) is 16.8. The van der Waals surface area contributed by atoms with Crippen LogP contribution >= 0.6 is 34.8 Å². The van der Waals surface area contributed by atoms with Crippen LogP contribution in [0.2, 0.25) is 15.1 Å². The molecular weight excluding hydrogens is 641 g/mol. The Morgan fingerprint density at radius 3 is 1.91 bits per heavy atom. The van der Waals surface area contributed by atoms with E-state index >= 15 is 0 Å². The van der Waals surface area contributed by atoms with Gasteiger partial charge in [0.05, 0.1) is 12.8 Å². The van der Waals surface area contributed by atoms with Crippen molar-refractivity contribution in [1.82, 2.24) is 14.5 Å². The van der Waals surface area contributed by atoms with Crippen molar-refractivity contribution in [3.63, 3.8) is 0 Å². The fourth-order valence-electron chi connectivity index (χ4n) is 4.62. The van der Waals surface area contributed by atoms with Gasteiger partial charge in [-0.2, -0.15) is 4.31 Å². The highest BCUT2D eigenvalue weighted by atomic mass is 35.5. The Hall–Kier alpha value is -3.40. The molecule has 0 unspecified atom stereocenters. The Morgan fingerprint density at radius 2 is 1.32 bits per heavy atom. The molecule has 4 aromatic carbocycles. The molecule has 4 rings (SSSR count). The summed E-state index contributed by atoms with van der Waals surface area (Å²) >= 11 is 18.5. The van der Waals surface area contributed by atoms with Crippen LogP contribution in [-0.4, -0.2) is 48.3 Å². The van der Waals surface area contributed by atoms with Crippen molar-refractivity contribution < 1.29 is 18.0 Å². The third kappa shape index (κ3) is 9.81. The average molecular weight is 673 g/mol. The van der Waals surface area contributed by atoms with E-state index in [1.807, 2.05) is 36.4 Å². The van der Waals surface area contributed by atoms with Gasteiger partial charge in [-0.05, 0) is 46.5 Å². The molecule has 0 radical (unpaired) electrons. The zero-order valence-electron chi connectivity index (χ0n) is 24.0. The first-order valence-electron chi connectivity index (χ1n) is 13.8. The van der Waals surface area contributed by atoms with Gasteiger partial charge in [-0.3, -0.25) is 9.59 Å². The van der Waals surface area contributed by atoms with E-state index in [9.17, 15) is 18.0 Å². The lowest BCUT2D eigenvalue weighted by Gasteiger charge is -2.33. The molecule has 0 saturated heterocycles.